The molecule has 1 atom stereocenters. The van der Waals surface area contributed by atoms with E-state index in [2.05, 4.69) is 0 Å². The van der Waals surface area contributed by atoms with Crippen molar-refractivity contribution in [1.29, 1.82) is 0 Å². The van der Waals surface area contributed by atoms with Gasteiger partial charge in [0.15, 0.2) is 0 Å². The Hall–Kier alpha value is -0.900. The van der Waals surface area contributed by atoms with E-state index in [0.717, 1.165) is 0 Å². The maximum Gasteiger partial charge on any atom is 0.260 e. The van der Waals surface area contributed by atoms with Crippen molar-refractivity contribution in [3.63, 3.8) is 0 Å². The number of rotatable bonds is 2. The molecule has 0 bridgehead atoms. The Morgan fingerprint density at radius 1 is 1.58 bits per heavy atom. The molecule has 1 aromatic heterocycles. The SMILES string of the molecule is NCC1(c2ccoc2)CC1(F)F. The summed E-state index contributed by atoms with van der Waals surface area (Å²) in [5.74, 6) is -2.65. The van der Waals surface area contributed by atoms with Gasteiger partial charge in [-0.25, -0.2) is 8.78 Å². The lowest BCUT2D eigenvalue weighted by atomic mass is 9.99. The van der Waals surface area contributed by atoms with Crippen molar-refractivity contribution < 1.29 is 13.2 Å². The third kappa shape index (κ3) is 0.756. The van der Waals surface area contributed by atoms with Crippen molar-refractivity contribution in [2.24, 2.45) is 5.73 Å². The summed E-state index contributed by atoms with van der Waals surface area (Å²) in [7, 11) is 0. The monoisotopic (exact) mass is 173 g/mol. The molecule has 0 saturated heterocycles. The van der Waals surface area contributed by atoms with E-state index < -0.39 is 11.3 Å². The zero-order chi connectivity index (χ0) is 8.82. The average molecular weight is 173 g/mol. The summed E-state index contributed by atoms with van der Waals surface area (Å²) < 4.78 is 30.5. The molecule has 1 aliphatic rings. The molecular formula is C8H9F2NO. The zero-order valence-corrected chi connectivity index (χ0v) is 6.39. The van der Waals surface area contributed by atoms with Gasteiger partial charge in [-0.05, 0) is 6.07 Å². The highest BCUT2D eigenvalue weighted by Crippen LogP contribution is 2.60. The Kier molecular flexibility index (Phi) is 1.33. The van der Waals surface area contributed by atoms with Crippen molar-refractivity contribution in [1.82, 2.24) is 0 Å². The van der Waals surface area contributed by atoms with Crippen LogP contribution in [0.1, 0.15) is 12.0 Å². The van der Waals surface area contributed by atoms with E-state index in [9.17, 15) is 8.78 Å². The van der Waals surface area contributed by atoms with Gasteiger partial charge in [-0.3, -0.25) is 0 Å². The highest BCUT2D eigenvalue weighted by Gasteiger charge is 2.71. The van der Waals surface area contributed by atoms with Crippen LogP contribution in [0, 0.1) is 0 Å². The Morgan fingerprint density at radius 2 is 2.25 bits per heavy atom. The standard InChI is InChI=1S/C8H9F2NO/c9-8(10)4-7(8,5-11)6-1-2-12-3-6/h1-3H,4-5,11H2. The van der Waals surface area contributed by atoms with Crippen LogP contribution in [0.3, 0.4) is 0 Å². The third-order valence-electron chi connectivity index (χ3n) is 2.52. The molecule has 0 aliphatic heterocycles. The van der Waals surface area contributed by atoms with Crippen LogP contribution >= 0.6 is 0 Å². The highest BCUT2D eigenvalue weighted by molar-refractivity contribution is 5.35. The summed E-state index contributed by atoms with van der Waals surface area (Å²) in [5.41, 5.74) is 4.68. The molecule has 0 radical (unpaired) electrons. The molecule has 2 rings (SSSR count). The molecule has 0 amide bonds. The molecule has 66 valence electrons. The van der Waals surface area contributed by atoms with E-state index in [1.54, 1.807) is 6.07 Å². The van der Waals surface area contributed by atoms with Crippen molar-refractivity contribution in [3.05, 3.63) is 24.2 Å². The summed E-state index contributed by atoms with van der Waals surface area (Å²) in [5, 5.41) is 0. The van der Waals surface area contributed by atoms with Gasteiger partial charge >= 0.3 is 0 Å². The Morgan fingerprint density at radius 3 is 2.58 bits per heavy atom. The fourth-order valence-electron chi connectivity index (χ4n) is 1.52. The van der Waals surface area contributed by atoms with Gasteiger partial charge in [-0.1, -0.05) is 0 Å². The second kappa shape index (κ2) is 2.07. The Bertz CT molecular complexity index is 283. The molecule has 12 heavy (non-hydrogen) atoms. The lowest BCUT2D eigenvalue weighted by Gasteiger charge is -2.10. The van der Waals surface area contributed by atoms with E-state index >= 15 is 0 Å². The second-order valence-corrected chi connectivity index (χ2v) is 3.18. The van der Waals surface area contributed by atoms with E-state index in [-0.39, 0.29) is 13.0 Å². The molecule has 1 heterocycles. The second-order valence-electron chi connectivity index (χ2n) is 3.18. The lowest BCUT2D eigenvalue weighted by molar-refractivity contribution is 0.0894. The maximum atomic E-state index is 12.9. The van der Waals surface area contributed by atoms with E-state index in [1.165, 1.54) is 12.5 Å². The molecular weight excluding hydrogens is 164 g/mol. The predicted molar refractivity (Wildman–Crippen MR) is 39.0 cm³/mol. The van der Waals surface area contributed by atoms with Crippen molar-refractivity contribution in [2.75, 3.05) is 6.54 Å². The normalized spacial score (nSPS) is 31.9. The number of hydrogen-bond donors (Lipinski definition) is 1. The van der Waals surface area contributed by atoms with E-state index in [0.29, 0.717) is 5.56 Å². The molecule has 1 aliphatic carbocycles. The van der Waals surface area contributed by atoms with Gasteiger partial charge in [0.05, 0.1) is 17.9 Å². The van der Waals surface area contributed by atoms with Gasteiger partial charge in [-0.15, -0.1) is 0 Å². The first-order valence-electron chi connectivity index (χ1n) is 3.73. The third-order valence-corrected chi connectivity index (χ3v) is 2.52. The molecule has 1 fully saturated rings. The van der Waals surface area contributed by atoms with Gasteiger partial charge in [0.25, 0.3) is 5.92 Å². The van der Waals surface area contributed by atoms with Gasteiger partial charge < -0.3 is 10.2 Å². The van der Waals surface area contributed by atoms with Gasteiger partial charge in [0.1, 0.15) is 0 Å². The predicted octanol–water partition coefficient (Wildman–Crippen LogP) is 1.52. The molecule has 4 heteroatoms. The van der Waals surface area contributed by atoms with Gasteiger partial charge in [0.2, 0.25) is 0 Å². The van der Waals surface area contributed by atoms with Crippen LogP contribution in [0.2, 0.25) is 0 Å². The van der Waals surface area contributed by atoms with E-state index in [4.69, 9.17) is 10.2 Å². The molecule has 1 aromatic rings. The molecule has 2 N–H and O–H groups in total. The highest BCUT2D eigenvalue weighted by atomic mass is 19.3. The minimum Gasteiger partial charge on any atom is -0.472 e. The first-order valence-corrected chi connectivity index (χ1v) is 3.73. The molecule has 2 nitrogen and oxygen atoms in total. The summed E-state index contributed by atoms with van der Waals surface area (Å²) in [6.07, 6.45) is 2.57. The maximum absolute atomic E-state index is 12.9. The summed E-state index contributed by atoms with van der Waals surface area (Å²) in [6, 6.07) is 1.55. The molecule has 0 aromatic carbocycles. The fraction of sp³-hybridized carbons (Fsp3) is 0.500. The lowest BCUT2D eigenvalue weighted by Crippen LogP contribution is -2.26. The van der Waals surface area contributed by atoms with Crippen molar-refractivity contribution >= 4 is 0 Å². The minimum atomic E-state index is -2.65. The van der Waals surface area contributed by atoms with Crippen LogP contribution in [0.4, 0.5) is 8.78 Å². The zero-order valence-electron chi connectivity index (χ0n) is 6.39. The van der Waals surface area contributed by atoms with Crippen LogP contribution < -0.4 is 5.73 Å². The quantitative estimate of drug-likeness (QED) is 0.736. The summed E-state index contributed by atoms with van der Waals surface area (Å²) in [6.45, 7) is -0.0282. The van der Waals surface area contributed by atoms with Gasteiger partial charge in [0, 0.05) is 18.5 Å². The van der Waals surface area contributed by atoms with Crippen LogP contribution in [-0.2, 0) is 5.41 Å². The van der Waals surface area contributed by atoms with Crippen LogP contribution in [0.15, 0.2) is 23.0 Å². The summed E-state index contributed by atoms with van der Waals surface area (Å²) >= 11 is 0. The van der Waals surface area contributed by atoms with Gasteiger partial charge in [-0.2, -0.15) is 0 Å². The summed E-state index contributed by atoms with van der Waals surface area (Å²) in [4.78, 5) is 0. The number of halogens is 2. The topological polar surface area (TPSA) is 39.2 Å². The first-order chi connectivity index (χ1) is 5.62. The molecule has 1 saturated carbocycles. The van der Waals surface area contributed by atoms with Crippen LogP contribution in [-0.4, -0.2) is 12.5 Å². The number of alkyl halides is 2. The van der Waals surface area contributed by atoms with E-state index in [1.807, 2.05) is 0 Å². The smallest absolute Gasteiger partial charge is 0.260 e. The van der Waals surface area contributed by atoms with Crippen LogP contribution in [0.5, 0.6) is 0 Å². The minimum absolute atomic E-state index is 0.0282. The number of hydrogen-bond acceptors (Lipinski definition) is 2. The Balaban J connectivity index is 2.34. The fourth-order valence-corrected chi connectivity index (χ4v) is 1.52. The average Bonchev–Trinajstić information content (AvgIpc) is 2.52. The molecule has 0 spiro atoms. The molecule has 1 unspecified atom stereocenters. The van der Waals surface area contributed by atoms with Crippen molar-refractivity contribution in [2.45, 2.75) is 17.8 Å². The Labute approximate surface area is 68.4 Å². The van der Waals surface area contributed by atoms with Crippen molar-refractivity contribution in [3.8, 4) is 0 Å². The number of furan rings is 1. The first kappa shape index (κ1) is 7.73. The van der Waals surface area contributed by atoms with Crippen LogP contribution in [0.25, 0.3) is 0 Å². The largest absolute Gasteiger partial charge is 0.472 e. The number of nitrogens with two attached hydrogens (primary N) is 1.